The van der Waals surface area contributed by atoms with Crippen LogP contribution in [0.2, 0.25) is 0 Å². The van der Waals surface area contributed by atoms with Crippen molar-refractivity contribution >= 4 is 5.91 Å². The predicted octanol–water partition coefficient (Wildman–Crippen LogP) is 3.63. The van der Waals surface area contributed by atoms with Crippen LogP contribution in [0.3, 0.4) is 0 Å². The summed E-state index contributed by atoms with van der Waals surface area (Å²) < 4.78 is 16.0. The Kier molecular flexibility index (Phi) is 5.22. The van der Waals surface area contributed by atoms with E-state index in [1.807, 2.05) is 48.5 Å². The number of rotatable bonds is 6. The van der Waals surface area contributed by atoms with Gasteiger partial charge in [-0.3, -0.25) is 4.79 Å². The van der Waals surface area contributed by atoms with Gasteiger partial charge >= 0.3 is 0 Å². The van der Waals surface area contributed by atoms with Crippen molar-refractivity contribution in [1.82, 2.24) is 10.1 Å². The lowest BCUT2D eigenvalue weighted by Crippen LogP contribution is -2.26. The molecule has 0 aliphatic carbocycles. The summed E-state index contributed by atoms with van der Waals surface area (Å²) in [5.41, 5.74) is 2.36. The molecule has 6 heteroatoms. The fourth-order valence-corrected chi connectivity index (χ4v) is 2.71. The van der Waals surface area contributed by atoms with Crippen molar-refractivity contribution in [2.24, 2.45) is 0 Å². The molecule has 0 unspecified atom stereocenters. The minimum Gasteiger partial charge on any atom is -0.493 e. The molecule has 0 aliphatic rings. The van der Waals surface area contributed by atoms with Gasteiger partial charge in [0.05, 0.1) is 14.2 Å². The Morgan fingerprint density at radius 2 is 1.85 bits per heavy atom. The molecule has 3 rings (SSSR count). The maximum Gasteiger partial charge on any atom is 0.292 e. The van der Waals surface area contributed by atoms with Gasteiger partial charge in [-0.1, -0.05) is 47.6 Å². The van der Waals surface area contributed by atoms with Gasteiger partial charge in [0.25, 0.3) is 5.91 Å². The summed E-state index contributed by atoms with van der Waals surface area (Å²) in [4.78, 5) is 14.2. The molecule has 1 aromatic heterocycles. The fraction of sp³-hybridized carbons (Fsp3) is 0.200. The van der Waals surface area contributed by atoms with E-state index in [-0.39, 0.29) is 11.7 Å². The first kappa shape index (κ1) is 17.5. The molecule has 6 nitrogen and oxygen atoms in total. The molecule has 3 aromatic rings. The van der Waals surface area contributed by atoms with E-state index in [2.05, 4.69) is 5.16 Å². The Labute approximate surface area is 151 Å². The molecular formula is C20H20N2O4. The largest absolute Gasteiger partial charge is 0.493 e. The normalized spacial score (nSPS) is 10.4. The van der Waals surface area contributed by atoms with Crippen LogP contribution in [0.4, 0.5) is 0 Å². The van der Waals surface area contributed by atoms with Crippen molar-refractivity contribution in [3.05, 3.63) is 65.9 Å². The molecule has 134 valence electrons. The van der Waals surface area contributed by atoms with Crippen LogP contribution < -0.4 is 9.47 Å². The Hall–Kier alpha value is -3.28. The van der Waals surface area contributed by atoms with Gasteiger partial charge in [-0.2, -0.15) is 0 Å². The standard InChI is InChI=1S/C20H20N2O4/c1-22(13-15-10-7-11-17(24-2)19(15)25-3)20(23)18-12-16(21-26-18)14-8-5-4-6-9-14/h4-12H,13H2,1-3H3. The van der Waals surface area contributed by atoms with Crippen LogP contribution in [0.15, 0.2) is 59.1 Å². The molecule has 2 aromatic carbocycles. The summed E-state index contributed by atoms with van der Waals surface area (Å²) >= 11 is 0. The molecule has 0 saturated carbocycles. The fourth-order valence-electron chi connectivity index (χ4n) is 2.71. The average Bonchev–Trinajstić information content (AvgIpc) is 3.18. The Bertz CT molecular complexity index is 890. The van der Waals surface area contributed by atoms with Gasteiger partial charge < -0.3 is 18.9 Å². The molecule has 0 bridgehead atoms. The van der Waals surface area contributed by atoms with Crippen LogP contribution in [0.5, 0.6) is 11.5 Å². The third-order valence-corrected chi connectivity index (χ3v) is 4.03. The number of carbonyl (C=O) groups excluding carboxylic acids is 1. The van der Waals surface area contributed by atoms with E-state index in [1.165, 1.54) is 0 Å². The van der Waals surface area contributed by atoms with Gasteiger partial charge in [-0.15, -0.1) is 0 Å². The molecule has 1 amide bonds. The SMILES string of the molecule is COc1cccc(CN(C)C(=O)c2cc(-c3ccccc3)no2)c1OC. The third kappa shape index (κ3) is 3.54. The lowest BCUT2D eigenvalue weighted by Gasteiger charge is -2.18. The Balaban J connectivity index is 1.78. The van der Waals surface area contributed by atoms with Gasteiger partial charge in [-0.25, -0.2) is 0 Å². The molecular weight excluding hydrogens is 332 g/mol. The van der Waals surface area contributed by atoms with Gasteiger partial charge in [0.15, 0.2) is 11.5 Å². The molecule has 26 heavy (non-hydrogen) atoms. The molecule has 0 N–H and O–H groups in total. The van der Waals surface area contributed by atoms with Crippen molar-refractivity contribution in [2.75, 3.05) is 21.3 Å². The predicted molar refractivity (Wildman–Crippen MR) is 97.3 cm³/mol. The second-order valence-electron chi connectivity index (χ2n) is 5.76. The average molecular weight is 352 g/mol. The molecule has 0 aliphatic heterocycles. The van der Waals surface area contributed by atoms with E-state index in [9.17, 15) is 4.79 Å². The number of para-hydroxylation sites is 1. The zero-order valence-electron chi connectivity index (χ0n) is 14.9. The highest BCUT2D eigenvalue weighted by molar-refractivity contribution is 5.92. The first-order valence-electron chi connectivity index (χ1n) is 8.11. The smallest absolute Gasteiger partial charge is 0.292 e. The summed E-state index contributed by atoms with van der Waals surface area (Å²) in [6.07, 6.45) is 0. The second-order valence-corrected chi connectivity index (χ2v) is 5.76. The number of hydrogen-bond acceptors (Lipinski definition) is 5. The summed E-state index contributed by atoms with van der Waals surface area (Å²) in [5, 5.41) is 3.99. The van der Waals surface area contributed by atoms with Crippen molar-refractivity contribution in [3.8, 4) is 22.8 Å². The van der Waals surface area contributed by atoms with Crippen molar-refractivity contribution in [3.63, 3.8) is 0 Å². The van der Waals surface area contributed by atoms with E-state index >= 15 is 0 Å². The van der Waals surface area contributed by atoms with Gasteiger partial charge in [0.1, 0.15) is 5.69 Å². The topological polar surface area (TPSA) is 64.8 Å². The number of nitrogens with zero attached hydrogens (tertiary/aromatic N) is 2. The number of hydrogen-bond donors (Lipinski definition) is 0. The zero-order valence-corrected chi connectivity index (χ0v) is 14.9. The maximum atomic E-state index is 12.7. The highest BCUT2D eigenvalue weighted by Crippen LogP contribution is 2.31. The number of carbonyl (C=O) groups is 1. The van der Waals surface area contributed by atoms with Crippen molar-refractivity contribution < 1.29 is 18.8 Å². The molecule has 0 saturated heterocycles. The Morgan fingerprint density at radius 3 is 2.54 bits per heavy atom. The van der Waals surface area contributed by atoms with E-state index < -0.39 is 0 Å². The monoisotopic (exact) mass is 352 g/mol. The van der Waals surface area contributed by atoms with Crippen LogP contribution in [-0.4, -0.2) is 37.2 Å². The quantitative estimate of drug-likeness (QED) is 0.678. The summed E-state index contributed by atoms with van der Waals surface area (Å²) in [6, 6.07) is 16.8. The molecule has 0 atom stereocenters. The lowest BCUT2D eigenvalue weighted by molar-refractivity contribution is 0.0742. The number of methoxy groups -OCH3 is 2. The van der Waals surface area contributed by atoms with E-state index in [4.69, 9.17) is 14.0 Å². The van der Waals surface area contributed by atoms with Crippen LogP contribution >= 0.6 is 0 Å². The number of aromatic nitrogens is 1. The van der Waals surface area contributed by atoms with Crippen LogP contribution in [0.1, 0.15) is 16.1 Å². The van der Waals surface area contributed by atoms with Crippen LogP contribution in [0, 0.1) is 0 Å². The maximum absolute atomic E-state index is 12.7. The zero-order chi connectivity index (χ0) is 18.5. The Morgan fingerprint density at radius 1 is 1.08 bits per heavy atom. The molecule has 0 spiro atoms. The number of amides is 1. The number of ether oxygens (including phenoxy) is 2. The lowest BCUT2D eigenvalue weighted by atomic mass is 10.1. The first-order valence-corrected chi connectivity index (χ1v) is 8.11. The minimum atomic E-state index is -0.260. The number of benzene rings is 2. The van der Waals surface area contributed by atoms with Crippen molar-refractivity contribution in [2.45, 2.75) is 6.54 Å². The van der Waals surface area contributed by atoms with Gasteiger partial charge in [0.2, 0.25) is 5.76 Å². The summed E-state index contributed by atoms with van der Waals surface area (Å²) in [5.74, 6) is 1.16. The van der Waals surface area contributed by atoms with Crippen LogP contribution in [-0.2, 0) is 6.54 Å². The van der Waals surface area contributed by atoms with Crippen molar-refractivity contribution in [1.29, 1.82) is 0 Å². The highest BCUT2D eigenvalue weighted by Gasteiger charge is 2.20. The first-order chi connectivity index (χ1) is 12.6. The van der Waals surface area contributed by atoms with Gasteiger partial charge in [-0.05, 0) is 6.07 Å². The molecule has 1 heterocycles. The van der Waals surface area contributed by atoms with E-state index in [0.717, 1.165) is 11.1 Å². The minimum absolute atomic E-state index is 0.188. The highest BCUT2D eigenvalue weighted by atomic mass is 16.5. The second kappa shape index (κ2) is 7.74. The van der Waals surface area contributed by atoms with Crippen LogP contribution in [0.25, 0.3) is 11.3 Å². The molecule has 0 fully saturated rings. The summed E-state index contributed by atoms with van der Waals surface area (Å²) in [6.45, 7) is 0.348. The van der Waals surface area contributed by atoms with E-state index in [1.54, 1.807) is 32.2 Å². The van der Waals surface area contributed by atoms with Gasteiger partial charge in [0, 0.05) is 30.8 Å². The third-order valence-electron chi connectivity index (χ3n) is 4.03. The van der Waals surface area contributed by atoms with E-state index in [0.29, 0.717) is 23.7 Å². The summed E-state index contributed by atoms with van der Waals surface area (Å²) in [7, 11) is 4.86. The molecule has 0 radical (unpaired) electrons.